The van der Waals surface area contributed by atoms with Crippen molar-refractivity contribution in [1.82, 2.24) is 5.32 Å². The zero-order valence-corrected chi connectivity index (χ0v) is 16.5. The van der Waals surface area contributed by atoms with Gasteiger partial charge in [0.1, 0.15) is 0 Å². The summed E-state index contributed by atoms with van der Waals surface area (Å²) in [6, 6.07) is 20.0. The van der Waals surface area contributed by atoms with Crippen LogP contribution in [-0.4, -0.2) is 41.0 Å². The number of carboxylic acid groups (broad SMARTS) is 2. The normalized spacial score (nSPS) is 9.71. The molecule has 0 aliphatic carbocycles. The minimum atomic E-state index is -1.34. The summed E-state index contributed by atoms with van der Waals surface area (Å²) in [5.41, 5.74) is 5.19. The molecular formula is C23H20N2O6. The van der Waals surface area contributed by atoms with E-state index in [0.29, 0.717) is 11.1 Å². The van der Waals surface area contributed by atoms with Gasteiger partial charge in [-0.15, -0.1) is 0 Å². The van der Waals surface area contributed by atoms with Gasteiger partial charge in [-0.05, 0) is 35.4 Å². The quantitative estimate of drug-likeness (QED) is 0.499. The molecule has 0 saturated heterocycles. The van der Waals surface area contributed by atoms with Gasteiger partial charge in [0.2, 0.25) is 5.91 Å². The van der Waals surface area contributed by atoms with Crippen molar-refractivity contribution in [1.29, 1.82) is 0 Å². The first kappa shape index (κ1) is 22.8. The average molecular weight is 420 g/mol. The average Bonchev–Trinajstić information content (AvgIpc) is 2.79. The molecule has 0 aromatic heterocycles. The van der Waals surface area contributed by atoms with E-state index in [1.54, 1.807) is 0 Å². The van der Waals surface area contributed by atoms with E-state index >= 15 is 0 Å². The molecule has 31 heavy (non-hydrogen) atoms. The van der Waals surface area contributed by atoms with E-state index in [4.69, 9.17) is 5.73 Å². The molecule has 158 valence electrons. The molecule has 8 nitrogen and oxygen atoms in total. The SMILES string of the molecule is CNC(=O)c1ccc(-c2ccc(C(N)=O)c(C(=O)O)c2)cc1C(=O)O.c1ccccc1. The van der Waals surface area contributed by atoms with Crippen LogP contribution in [0.1, 0.15) is 41.4 Å². The molecule has 0 unspecified atom stereocenters. The van der Waals surface area contributed by atoms with Crippen LogP contribution in [0, 0.1) is 0 Å². The van der Waals surface area contributed by atoms with Gasteiger partial charge in [0.05, 0.1) is 22.3 Å². The maximum absolute atomic E-state index is 11.7. The number of amides is 2. The summed E-state index contributed by atoms with van der Waals surface area (Å²) < 4.78 is 0. The zero-order chi connectivity index (χ0) is 23.0. The number of rotatable bonds is 5. The number of hydrogen-bond acceptors (Lipinski definition) is 4. The highest BCUT2D eigenvalue weighted by atomic mass is 16.4. The number of hydrogen-bond donors (Lipinski definition) is 4. The van der Waals surface area contributed by atoms with Gasteiger partial charge in [-0.25, -0.2) is 9.59 Å². The number of carboxylic acids is 2. The standard InChI is InChI=1S/C17H14N2O6.C6H6/c1-19-15(21)11-5-3-9(7-13(11)17(24)25)8-2-4-10(14(18)20)12(6-8)16(22)23;1-2-4-6-5-3-1/h2-7H,1H3,(H2,18,20)(H,19,21)(H,22,23)(H,24,25);1-6H. The minimum Gasteiger partial charge on any atom is -0.478 e. The molecule has 3 aromatic rings. The lowest BCUT2D eigenvalue weighted by molar-refractivity contribution is 0.0683. The molecule has 0 saturated carbocycles. The second kappa shape index (κ2) is 10.4. The molecule has 3 rings (SSSR count). The smallest absolute Gasteiger partial charge is 0.336 e. The predicted octanol–water partition coefficient (Wildman–Crippen LogP) is 2.90. The van der Waals surface area contributed by atoms with Gasteiger partial charge >= 0.3 is 11.9 Å². The van der Waals surface area contributed by atoms with Gasteiger partial charge in [0, 0.05) is 7.05 Å². The Morgan fingerprint density at radius 1 is 0.677 bits per heavy atom. The van der Waals surface area contributed by atoms with Gasteiger partial charge in [0.25, 0.3) is 5.91 Å². The number of nitrogens with one attached hydrogen (secondary N) is 1. The van der Waals surface area contributed by atoms with Gasteiger partial charge < -0.3 is 21.3 Å². The summed E-state index contributed by atoms with van der Waals surface area (Å²) in [5.74, 6) is -4.08. The minimum absolute atomic E-state index is 0.0223. The highest BCUT2D eigenvalue weighted by Gasteiger charge is 2.19. The van der Waals surface area contributed by atoms with Crippen LogP contribution in [0.3, 0.4) is 0 Å². The molecule has 0 atom stereocenters. The Hall–Kier alpha value is -4.46. The van der Waals surface area contributed by atoms with Crippen LogP contribution >= 0.6 is 0 Å². The van der Waals surface area contributed by atoms with E-state index in [0.717, 1.165) is 0 Å². The van der Waals surface area contributed by atoms with Gasteiger partial charge in [-0.3, -0.25) is 9.59 Å². The number of primary amides is 1. The fraction of sp³-hybridized carbons (Fsp3) is 0.0435. The van der Waals surface area contributed by atoms with Crippen LogP contribution in [-0.2, 0) is 0 Å². The summed E-state index contributed by atoms with van der Waals surface area (Å²) in [6.45, 7) is 0. The number of aromatic carboxylic acids is 2. The van der Waals surface area contributed by atoms with Crippen LogP contribution in [0.4, 0.5) is 0 Å². The fourth-order valence-electron chi connectivity index (χ4n) is 2.73. The van der Waals surface area contributed by atoms with Crippen molar-refractivity contribution in [2.45, 2.75) is 0 Å². The van der Waals surface area contributed by atoms with Crippen molar-refractivity contribution in [3.63, 3.8) is 0 Å². The molecule has 0 heterocycles. The summed E-state index contributed by atoms with van der Waals surface area (Å²) >= 11 is 0. The summed E-state index contributed by atoms with van der Waals surface area (Å²) in [5, 5.41) is 20.9. The third-order valence-corrected chi connectivity index (χ3v) is 4.24. The molecule has 0 radical (unpaired) electrons. The molecule has 0 spiro atoms. The predicted molar refractivity (Wildman–Crippen MR) is 114 cm³/mol. The molecule has 8 heteroatoms. The second-order valence-corrected chi connectivity index (χ2v) is 6.23. The van der Waals surface area contributed by atoms with Crippen molar-refractivity contribution < 1.29 is 29.4 Å². The Morgan fingerprint density at radius 2 is 1.06 bits per heavy atom. The highest BCUT2D eigenvalue weighted by Crippen LogP contribution is 2.25. The van der Waals surface area contributed by atoms with E-state index in [1.165, 1.54) is 43.4 Å². The van der Waals surface area contributed by atoms with Crippen LogP contribution in [0.15, 0.2) is 72.8 Å². The summed E-state index contributed by atoms with van der Waals surface area (Å²) in [4.78, 5) is 45.8. The third-order valence-electron chi connectivity index (χ3n) is 4.24. The van der Waals surface area contributed by atoms with Gasteiger partial charge in [-0.1, -0.05) is 48.5 Å². The lowest BCUT2D eigenvalue weighted by Gasteiger charge is -2.10. The van der Waals surface area contributed by atoms with E-state index in [9.17, 15) is 29.4 Å². The second-order valence-electron chi connectivity index (χ2n) is 6.23. The number of carbonyl (C=O) groups is 4. The summed E-state index contributed by atoms with van der Waals surface area (Å²) in [7, 11) is 1.38. The third kappa shape index (κ3) is 5.77. The number of carbonyl (C=O) groups excluding carboxylic acids is 2. The van der Waals surface area contributed by atoms with Crippen molar-refractivity contribution >= 4 is 23.8 Å². The van der Waals surface area contributed by atoms with Crippen LogP contribution < -0.4 is 11.1 Å². The highest BCUT2D eigenvalue weighted by molar-refractivity contribution is 6.07. The van der Waals surface area contributed by atoms with E-state index in [2.05, 4.69) is 5.32 Å². The molecule has 5 N–H and O–H groups in total. The van der Waals surface area contributed by atoms with Crippen molar-refractivity contribution in [3.8, 4) is 11.1 Å². The van der Waals surface area contributed by atoms with Gasteiger partial charge in [0.15, 0.2) is 0 Å². The molecule has 0 aliphatic heterocycles. The van der Waals surface area contributed by atoms with E-state index in [-0.39, 0.29) is 22.3 Å². The molecule has 2 amide bonds. The monoisotopic (exact) mass is 420 g/mol. The van der Waals surface area contributed by atoms with Crippen molar-refractivity contribution in [2.24, 2.45) is 5.73 Å². The van der Waals surface area contributed by atoms with Crippen LogP contribution in [0.2, 0.25) is 0 Å². The maximum Gasteiger partial charge on any atom is 0.336 e. The first-order chi connectivity index (χ1) is 14.8. The van der Waals surface area contributed by atoms with Gasteiger partial charge in [-0.2, -0.15) is 0 Å². The van der Waals surface area contributed by atoms with Crippen LogP contribution in [0.5, 0.6) is 0 Å². The van der Waals surface area contributed by atoms with E-state index < -0.39 is 23.8 Å². The lowest BCUT2D eigenvalue weighted by atomic mass is 9.95. The fourth-order valence-corrected chi connectivity index (χ4v) is 2.73. The molecule has 3 aromatic carbocycles. The Morgan fingerprint density at radius 3 is 1.42 bits per heavy atom. The van der Waals surface area contributed by atoms with E-state index in [1.807, 2.05) is 36.4 Å². The lowest BCUT2D eigenvalue weighted by Crippen LogP contribution is -2.21. The zero-order valence-electron chi connectivity index (χ0n) is 16.5. The topological polar surface area (TPSA) is 147 Å². The molecule has 0 fully saturated rings. The summed E-state index contributed by atoms with van der Waals surface area (Å²) in [6.07, 6.45) is 0. The Labute approximate surface area is 178 Å². The molecule has 0 bridgehead atoms. The number of benzene rings is 3. The van der Waals surface area contributed by atoms with Crippen molar-refractivity contribution in [2.75, 3.05) is 7.05 Å². The maximum atomic E-state index is 11.7. The Bertz CT molecular complexity index is 1100. The largest absolute Gasteiger partial charge is 0.478 e. The molecular weight excluding hydrogens is 400 g/mol. The first-order valence-electron chi connectivity index (χ1n) is 9.03. The number of nitrogens with two attached hydrogens (primary N) is 1. The first-order valence-corrected chi connectivity index (χ1v) is 9.03. The Kier molecular flexibility index (Phi) is 7.62. The Balaban J connectivity index is 0.000000488. The van der Waals surface area contributed by atoms with Crippen LogP contribution in [0.25, 0.3) is 11.1 Å². The van der Waals surface area contributed by atoms with Crippen molar-refractivity contribution in [3.05, 3.63) is 95.1 Å². The molecule has 0 aliphatic rings.